The van der Waals surface area contributed by atoms with Crippen molar-refractivity contribution in [2.75, 3.05) is 13.2 Å². The Morgan fingerprint density at radius 1 is 1.12 bits per heavy atom. The topological polar surface area (TPSA) is 95.9 Å². The Morgan fingerprint density at radius 3 is 2.31 bits per heavy atom. The van der Waals surface area contributed by atoms with E-state index in [9.17, 15) is 19.5 Å². The maximum atomic E-state index is 12.7. The van der Waals surface area contributed by atoms with Crippen molar-refractivity contribution in [1.29, 1.82) is 0 Å². The van der Waals surface area contributed by atoms with Crippen LogP contribution in [0.1, 0.15) is 50.2 Å². The third-order valence-electron chi connectivity index (χ3n) is 6.59. The monoisotopic (exact) mass is 436 g/mol. The molecule has 2 amide bonds. The number of aliphatic carboxylic acids is 1. The van der Waals surface area contributed by atoms with Crippen molar-refractivity contribution in [3.63, 3.8) is 0 Å². The van der Waals surface area contributed by atoms with Crippen molar-refractivity contribution < 1.29 is 24.2 Å². The molecule has 1 aliphatic heterocycles. The lowest BCUT2D eigenvalue weighted by atomic mass is 9.98. The van der Waals surface area contributed by atoms with E-state index in [4.69, 9.17) is 4.74 Å². The van der Waals surface area contributed by atoms with Gasteiger partial charge in [0.1, 0.15) is 12.1 Å². The zero-order valence-electron chi connectivity index (χ0n) is 18.3. The summed E-state index contributed by atoms with van der Waals surface area (Å²) in [5, 5.41) is 12.2. The number of hydrogen-bond acceptors (Lipinski definition) is 4. The van der Waals surface area contributed by atoms with Crippen molar-refractivity contribution in [1.82, 2.24) is 10.2 Å². The number of carboxylic acid groups (broad SMARTS) is 1. The number of alkyl carbamates (subject to hydrolysis) is 1. The molecule has 7 nitrogen and oxygen atoms in total. The van der Waals surface area contributed by atoms with E-state index in [1.165, 1.54) is 4.90 Å². The van der Waals surface area contributed by atoms with Crippen LogP contribution in [0.4, 0.5) is 4.79 Å². The molecule has 168 valence electrons. The molecular formula is C25H28N2O5. The van der Waals surface area contributed by atoms with E-state index >= 15 is 0 Å². The summed E-state index contributed by atoms with van der Waals surface area (Å²) in [5.74, 6) is -1.31. The Balaban J connectivity index is 1.34. The minimum Gasteiger partial charge on any atom is -0.480 e. The Hall–Kier alpha value is -3.35. The molecule has 1 fully saturated rings. The molecule has 0 radical (unpaired) electrons. The van der Waals surface area contributed by atoms with Gasteiger partial charge in [-0.1, -0.05) is 48.5 Å². The van der Waals surface area contributed by atoms with Crippen LogP contribution in [-0.4, -0.2) is 52.7 Å². The van der Waals surface area contributed by atoms with Crippen molar-refractivity contribution in [2.24, 2.45) is 0 Å². The molecule has 2 aromatic rings. The zero-order valence-corrected chi connectivity index (χ0v) is 18.3. The molecule has 7 heteroatoms. The van der Waals surface area contributed by atoms with E-state index in [0.29, 0.717) is 19.4 Å². The molecule has 32 heavy (non-hydrogen) atoms. The van der Waals surface area contributed by atoms with Gasteiger partial charge in [-0.15, -0.1) is 0 Å². The van der Waals surface area contributed by atoms with Crippen LogP contribution in [0.5, 0.6) is 0 Å². The number of carboxylic acids is 1. The van der Waals surface area contributed by atoms with Crippen LogP contribution in [0.3, 0.4) is 0 Å². The highest BCUT2D eigenvalue weighted by Gasteiger charge is 2.45. The minimum absolute atomic E-state index is 0.0209. The second kappa shape index (κ2) is 8.65. The molecule has 2 N–H and O–H groups in total. The molecule has 0 aromatic heterocycles. The summed E-state index contributed by atoms with van der Waals surface area (Å²) >= 11 is 0. The highest BCUT2D eigenvalue weighted by molar-refractivity contribution is 5.88. The summed E-state index contributed by atoms with van der Waals surface area (Å²) < 4.78 is 5.53. The lowest BCUT2D eigenvalue weighted by Crippen LogP contribution is -2.52. The number of likely N-dealkylation sites (tertiary alicyclic amines) is 1. The summed E-state index contributed by atoms with van der Waals surface area (Å²) in [6, 6.07) is 15.7. The molecule has 4 rings (SSSR count). The molecule has 1 saturated heterocycles. The van der Waals surface area contributed by atoms with Gasteiger partial charge in [0.25, 0.3) is 0 Å². The number of carbonyl (C=O) groups is 3. The highest BCUT2D eigenvalue weighted by atomic mass is 16.5. The van der Waals surface area contributed by atoms with Crippen molar-refractivity contribution >= 4 is 18.0 Å². The van der Waals surface area contributed by atoms with Gasteiger partial charge in [0.05, 0.1) is 0 Å². The van der Waals surface area contributed by atoms with Crippen molar-refractivity contribution in [2.45, 2.75) is 50.6 Å². The van der Waals surface area contributed by atoms with Crippen LogP contribution in [0.2, 0.25) is 0 Å². The largest absolute Gasteiger partial charge is 0.480 e. The van der Waals surface area contributed by atoms with Gasteiger partial charge < -0.3 is 20.1 Å². The lowest BCUT2D eigenvalue weighted by Gasteiger charge is -2.32. The van der Waals surface area contributed by atoms with Gasteiger partial charge in [0.2, 0.25) is 5.91 Å². The molecule has 0 bridgehead atoms. The maximum absolute atomic E-state index is 12.7. The summed E-state index contributed by atoms with van der Waals surface area (Å²) in [6.07, 6.45) is 0.521. The molecule has 2 aromatic carbocycles. The fourth-order valence-corrected chi connectivity index (χ4v) is 4.85. The zero-order chi connectivity index (χ0) is 22.9. The normalized spacial score (nSPS) is 20.4. The predicted octanol–water partition coefficient (Wildman–Crippen LogP) is 3.77. The van der Waals surface area contributed by atoms with Crippen LogP contribution in [0, 0.1) is 0 Å². The number of carbonyl (C=O) groups excluding carboxylic acids is 2. The number of amides is 2. The molecule has 0 saturated carbocycles. The molecule has 1 aliphatic carbocycles. The average molecular weight is 437 g/mol. The highest BCUT2D eigenvalue weighted by Crippen LogP contribution is 2.44. The van der Waals surface area contributed by atoms with E-state index in [1.54, 1.807) is 13.8 Å². The van der Waals surface area contributed by atoms with Gasteiger partial charge in [0, 0.05) is 24.9 Å². The Labute approximate surface area is 187 Å². The Bertz CT molecular complexity index is 1010. The van der Waals surface area contributed by atoms with Crippen LogP contribution in [0.15, 0.2) is 48.5 Å². The summed E-state index contributed by atoms with van der Waals surface area (Å²) in [6.45, 7) is 3.90. The van der Waals surface area contributed by atoms with Crippen LogP contribution in [0.25, 0.3) is 11.1 Å². The molecule has 0 unspecified atom stereocenters. The standard InChI is InChI=1S/C25H28N2O5/c1-16(14-22(28)27-13-7-12-25(27,2)23(29)30)26-24(31)32-15-21-19-10-5-3-8-17(19)18-9-4-6-11-20(18)21/h3-6,8-11,16,21H,7,12-15H2,1-2H3,(H,26,31)(H,29,30)/t16-,25+/m1/s1. The summed E-state index contributed by atoms with van der Waals surface area (Å²) in [5.41, 5.74) is 3.39. The number of rotatable bonds is 6. The first-order valence-electron chi connectivity index (χ1n) is 11.0. The first-order chi connectivity index (χ1) is 15.3. The molecular weight excluding hydrogens is 408 g/mol. The SMILES string of the molecule is C[C@H](CC(=O)N1CCC[C@@]1(C)C(=O)O)NC(=O)OCC1c2ccccc2-c2ccccc21. The minimum atomic E-state index is -1.18. The fraction of sp³-hybridized carbons (Fsp3) is 0.400. The predicted molar refractivity (Wildman–Crippen MR) is 119 cm³/mol. The van der Waals surface area contributed by atoms with E-state index < -0.39 is 23.6 Å². The van der Waals surface area contributed by atoms with Gasteiger partial charge in [0.15, 0.2) is 0 Å². The van der Waals surface area contributed by atoms with E-state index in [0.717, 1.165) is 22.3 Å². The number of benzene rings is 2. The first kappa shape index (κ1) is 21.9. The molecule has 1 heterocycles. The van der Waals surface area contributed by atoms with Gasteiger partial charge in [-0.05, 0) is 48.9 Å². The van der Waals surface area contributed by atoms with Gasteiger partial charge in [-0.2, -0.15) is 0 Å². The van der Waals surface area contributed by atoms with E-state index in [-0.39, 0.29) is 24.9 Å². The Morgan fingerprint density at radius 2 is 1.72 bits per heavy atom. The number of hydrogen-bond donors (Lipinski definition) is 2. The van der Waals surface area contributed by atoms with Crippen LogP contribution < -0.4 is 5.32 Å². The second-order valence-electron chi connectivity index (χ2n) is 8.80. The van der Waals surface area contributed by atoms with Gasteiger partial charge in [-0.3, -0.25) is 4.79 Å². The van der Waals surface area contributed by atoms with Crippen LogP contribution >= 0.6 is 0 Å². The number of nitrogens with zero attached hydrogens (tertiary/aromatic N) is 1. The first-order valence-corrected chi connectivity index (χ1v) is 11.0. The smallest absolute Gasteiger partial charge is 0.407 e. The maximum Gasteiger partial charge on any atom is 0.407 e. The third kappa shape index (κ3) is 3.95. The van der Waals surface area contributed by atoms with E-state index in [2.05, 4.69) is 29.6 Å². The molecule has 0 spiro atoms. The molecule has 2 atom stereocenters. The number of nitrogens with one attached hydrogen (secondary N) is 1. The summed E-state index contributed by atoms with van der Waals surface area (Å²) in [4.78, 5) is 38.1. The van der Waals surface area contributed by atoms with Crippen LogP contribution in [-0.2, 0) is 14.3 Å². The quantitative estimate of drug-likeness (QED) is 0.719. The average Bonchev–Trinajstić information content (AvgIpc) is 3.31. The number of fused-ring (bicyclic) bond motifs is 3. The van der Waals surface area contributed by atoms with Crippen molar-refractivity contribution in [3.05, 3.63) is 59.7 Å². The van der Waals surface area contributed by atoms with Gasteiger partial charge in [-0.25, -0.2) is 9.59 Å². The fourth-order valence-electron chi connectivity index (χ4n) is 4.85. The lowest BCUT2D eigenvalue weighted by molar-refractivity contribution is -0.155. The third-order valence-corrected chi connectivity index (χ3v) is 6.59. The number of ether oxygens (including phenoxy) is 1. The second-order valence-corrected chi connectivity index (χ2v) is 8.80. The van der Waals surface area contributed by atoms with Crippen molar-refractivity contribution in [3.8, 4) is 11.1 Å². The Kier molecular flexibility index (Phi) is 5.91. The van der Waals surface area contributed by atoms with E-state index in [1.807, 2.05) is 24.3 Å². The summed E-state index contributed by atoms with van der Waals surface area (Å²) in [7, 11) is 0. The molecule has 2 aliphatic rings. The van der Waals surface area contributed by atoms with Gasteiger partial charge >= 0.3 is 12.1 Å².